The first-order valence-corrected chi connectivity index (χ1v) is 6.92. The lowest BCUT2D eigenvalue weighted by Gasteiger charge is -2.15. The van der Waals surface area contributed by atoms with E-state index in [1.807, 2.05) is 30.3 Å². The lowest BCUT2D eigenvalue weighted by atomic mass is 10.1. The zero-order chi connectivity index (χ0) is 13.1. The third kappa shape index (κ3) is 2.89. The molecule has 4 heteroatoms. The highest BCUT2D eigenvalue weighted by atomic mass is 32.1. The van der Waals surface area contributed by atoms with Gasteiger partial charge in [-0.05, 0) is 23.4 Å². The Kier molecular flexibility index (Phi) is 3.99. The topological polar surface area (TPSA) is 55.1 Å². The van der Waals surface area contributed by atoms with Gasteiger partial charge in [-0.15, -0.1) is 11.3 Å². The number of carbonyl (C=O) groups excluding carboxylic acids is 1. The van der Waals surface area contributed by atoms with Crippen LogP contribution in [0.4, 0.5) is 0 Å². The van der Waals surface area contributed by atoms with Crippen LogP contribution in [-0.2, 0) is 0 Å². The maximum absolute atomic E-state index is 12.0. The van der Waals surface area contributed by atoms with Crippen molar-refractivity contribution in [3.63, 3.8) is 0 Å². The SMILES string of the molecule is CC(C)C(N)CNC(=O)c1cc2ccccc2s1. The number of nitrogens with one attached hydrogen (secondary N) is 1. The smallest absolute Gasteiger partial charge is 0.261 e. The number of carbonyl (C=O) groups is 1. The summed E-state index contributed by atoms with van der Waals surface area (Å²) in [4.78, 5) is 12.7. The maximum Gasteiger partial charge on any atom is 0.261 e. The van der Waals surface area contributed by atoms with Crippen molar-refractivity contribution in [2.45, 2.75) is 19.9 Å². The fourth-order valence-corrected chi connectivity index (χ4v) is 2.61. The van der Waals surface area contributed by atoms with E-state index >= 15 is 0 Å². The summed E-state index contributed by atoms with van der Waals surface area (Å²) in [6, 6.07) is 9.93. The van der Waals surface area contributed by atoms with Crippen LogP contribution in [0.15, 0.2) is 30.3 Å². The Bertz CT molecular complexity index is 514. The minimum atomic E-state index is -0.0349. The molecule has 0 bridgehead atoms. The molecule has 0 saturated heterocycles. The van der Waals surface area contributed by atoms with Crippen LogP contribution in [0.3, 0.4) is 0 Å². The van der Waals surface area contributed by atoms with Gasteiger partial charge in [-0.2, -0.15) is 0 Å². The second-order valence-electron chi connectivity index (χ2n) is 4.77. The van der Waals surface area contributed by atoms with Crippen molar-refractivity contribution < 1.29 is 4.79 Å². The number of hydrogen-bond donors (Lipinski definition) is 2. The summed E-state index contributed by atoms with van der Waals surface area (Å²) < 4.78 is 1.14. The number of benzene rings is 1. The highest BCUT2D eigenvalue weighted by molar-refractivity contribution is 7.20. The molecule has 18 heavy (non-hydrogen) atoms. The Morgan fingerprint density at radius 3 is 2.78 bits per heavy atom. The molecule has 1 aromatic heterocycles. The van der Waals surface area contributed by atoms with Crippen molar-refractivity contribution >= 4 is 27.3 Å². The molecule has 0 aliphatic heterocycles. The molecule has 1 unspecified atom stereocenters. The Morgan fingerprint density at radius 2 is 2.11 bits per heavy atom. The minimum Gasteiger partial charge on any atom is -0.350 e. The molecule has 3 nitrogen and oxygen atoms in total. The molecular weight excluding hydrogens is 244 g/mol. The lowest BCUT2D eigenvalue weighted by molar-refractivity contribution is 0.0953. The molecule has 1 amide bonds. The van der Waals surface area contributed by atoms with Gasteiger partial charge in [-0.3, -0.25) is 4.79 Å². The molecule has 0 radical (unpaired) electrons. The molecule has 3 N–H and O–H groups in total. The fraction of sp³-hybridized carbons (Fsp3) is 0.357. The number of amides is 1. The Balaban J connectivity index is 2.05. The second kappa shape index (κ2) is 5.50. The number of hydrogen-bond acceptors (Lipinski definition) is 3. The van der Waals surface area contributed by atoms with E-state index in [1.54, 1.807) is 0 Å². The zero-order valence-corrected chi connectivity index (χ0v) is 11.5. The molecule has 1 aromatic carbocycles. The minimum absolute atomic E-state index is 0.00308. The predicted octanol–water partition coefficient (Wildman–Crippen LogP) is 2.61. The van der Waals surface area contributed by atoms with Crippen molar-refractivity contribution in [1.29, 1.82) is 0 Å². The molecular formula is C14H18N2OS. The third-order valence-electron chi connectivity index (χ3n) is 3.00. The van der Waals surface area contributed by atoms with Gasteiger partial charge in [0.15, 0.2) is 0 Å². The van der Waals surface area contributed by atoms with Crippen molar-refractivity contribution in [1.82, 2.24) is 5.32 Å². The van der Waals surface area contributed by atoms with Gasteiger partial charge in [-0.1, -0.05) is 32.0 Å². The first-order chi connectivity index (χ1) is 8.58. The molecule has 2 rings (SSSR count). The summed E-state index contributed by atoms with van der Waals surface area (Å²) in [5, 5.41) is 4.00. The van der Waals surface area contributed by atoms with Crippen molar-refractivity contribution in [2.75, 3.05) is 6.54 Å². The molecule has 1 heterocycles. The highest BCUT2D eigenvalue weighted by Crippen LogP contribution is 2.24. The van der Waals surface area contributed by atoms with Gasteiger partial charge < -0.3 is 11.1 Å². The number of thiophene rings is 1. The summed E-state index contributed by atoms with van der Waals surface area (Å²) in [5.74, 6) is 0.333. The quantitative estimate of drug-likeness (QED) is 0.890. The van der Waals surface area contributed by atoms with E-state index in [-0.39, 0.29) is 11.9 Å². The first kappa shape index (κ1) is 13.1. The van der Waals surface area contributed by atoms with Gasteiger partial charge in [0.05, 0.1) is 4.88 Å². The van der Waals surface area contributed by atoms with Gasteiger partial charge in [0, 0.05) is 17.3 Å². The summed E-state index contributed by atoms with van der Waals surface area (Å²) in [6.07, 6.45) is 0. The zero-order valence-electron chi connectivity index (χ0n) is 10.6. The standard InChI is InChI=1S/C14H18N2OS/c1-9(2)11(15)8-16-14(17)13-7-10-5-3-4-6-12(10)18-13/h3-7,9,11H,8,15H2,1-2H3,(H,16,17). The summed E-state index contributed by atoms with van der Waals surface area (Å²) in [7, 11) is 0. The van der Waals surface area contributed by atoms with Crippen LogP contribution in [-0.4, -0.2) is 18.5 Å². The molecule has 0 aliphatic rings. The van der Waals surface area contributed by atoms with Gasteiger partial charge in [-0.25, -0.2) is 0 Å². The highest BCUT2D eigenvalue weighted by Gasteiger charge is 2.12. The van der Waals surface area contributed by atoms with E-state index in [9.17, 15) is 4.79 Å². The number of nitrogens with two attached hydrogens (primary N) is 1. The average Bonchev–Trinajstić information content (AvgIpc) is 2.79. The van der Waals surface area contributed by atoms with E-state index in [2.05, 4.69) is 19.2 Å². The van der Waals surface area contributed by atoms with Crippen molar-refractivity contribution in [3.05, 3.63) is 35.2 Å². The predicted molar refractivity (Wildman–Crippen MR) is 77.0 cm³/mol. The van der Waals surface area contributed by atoms with Crippen LogP contribution in [0.25, 0.3) is 10.1 Å². The summed E-state index contributed by atoms with van der Waals surface area (Å²) in [5.41, 5.74) is 5.91. The summed E-state index contributed by atoms with van der Waals surface area (Å²) in [6.45, 7) is 4.62. The summed E-state index contributed by atoms with van der Waals surface area (Å²) >= 11 is 1.51. The molecule has 0 spiro atoms. The molecule has 0 aliphatic carbocycles. The lowest BCUT2D eigenvalue weighted by Crippen LogP contribution is -2.40. The van der Waals surface area contributed by atoms with Gasteiger partial charge >= 0.3 is 0 Å². The van der Waals surface area contributed by atoms with E-state index in [0.29, 0.717) is 12.5 Å². The van der Waals surface area contributed by atoms with Gasteiger partial charge in [0.1, 0.15) is 0 Å². The first-order valence-electron chi connectivity index (χ1n) is 6.10. The van der Waals surface area contributed by atoms with E-state index in [0.717, 1.165) is 15.0 Å². The van der Waals surface area contributed by atoms with Gasteiger partial charge in [0.25, 0.3) is 5.91 Å². The largest absolute Gasteiger partial charge is 0.350 e. The van der Waals surface area contributed by atoms with Crippen LogP contribution in [0.1, 0.15) is 23.5 Å². The van der Waals surface area contributed by atoms with E-state index in [1.165, 1.54) is 11.3 Å². The fourth-order valence-electron chi connectivity index (χ4n) is 1.63. The Labute approximate surface area is 111 Å². The number of fused-ring (bicyclic) bond motifs is 1. The maximum atomic E-state index is 12.0. The molecule has 2 aromatic rings. The Morgan fingerprint density at radius 1 is 1.39 bits per heavy atom. The van der Waals surface area contributed by atoms with Crippen LogP contribution >= 0.6 is 11.3 Å². The third-order valence-corrected chi connectivity index (χ3v) is 4.12. The molecule has 96 valence electrons. The molecule has 0 saturated carbocycles. The monoisotopic (exact) mass is 262 g/mol. The van der Waals surface area contributed by atoms with Crippen LogP contribution in [0.2, 0.25) is 0 Å². The Hall–Kier alpha value is -1.39. The molecule has 0 fully saturated rings. The van der Waals surface area contributed by atoms with Gasteiger partial charge in [0.2, 0.25) is 0 Å². The second-order valence-corrected chi connectivity index (χ2v) is 5.85. The normalized spacial score (nSPS) is 12.9. The van der Waals surface area contributed by atoms with Crippen molar-refractivity contribution in [2.24, 2.45) is 11.7 Å². The molecule has 1 atom stereocenters. The van der Waals surface area contributed by atoms with Crippen LogP contribution in [0, 0.1) is 5.92 Å². The average molecular weight is 262 g/mol. The van der Waals surface area contributed by atoms with Crippen LogP contribution < -0.4 is 11.1 Å². The van der Waals surface area contributed by atoms with Crippen LogP contribution in [0.5, 0.6) is 0 Å². The van der Waals surface area contributed by atoms with Crippen molar-refractivity contribution in [3.8, 4) is 0 Å². The van der Waals surface area contributed by atoms with E-state index in [4.69, 9.17) is 5.73 Å². The van der Waals surface area contributed by atoms with E-state index < -0.39 is 0 Å². The number of rotatable bonds is 4.